The fourth-order valence-electron chi connectivity index (χ4n) is 2.20. The molecule has 1 aliphatic rings. The van der Waals surface area contributed by atoms with E-state index in [9.17, 15) is 4.79 Å². The Kier molecular flexibility index (Phi) is 2.56. The summed E-state index contributed by atoms with van der Waals surface area (Å²) in [6, 6.07) is 9.76. The summed E-state index contributed by atoms with van der Waals surface area (Å²) in [6.45, 7) is 0.949. The highest BCUT2D eigenvalue weighted by atomic mass is 16.2. The second kappa shape index (κ2) is 4.24. The van der Waals surface area contributed by atoms with Gasteiger partial charge in [-0.3, -0.25) is 4.79 Å². The van der Waals surface area contributed by atoms with Gasteiger partial charge in [0.2, 0.25) is 5.95 Å². The summed E-state index contributed by atoms with van der Waals surface area (Å²) in [7, 11) is 0. The molecule has 6 nitrogen and oxygen atoms in total. The quantitative estimate of drug-likeness (QED) is 0.827. The predicted molar refractivity (Wildman–Crippen MR) is 70.9 cm³/mol. The molecule has 0 saturated carbocycles. The van der Waals surface area contributed by atoms with Crippen LogP contribution in [0.25, 0.3) is 0 Å². The third kappa shape index (κ3) is 1.97. The molecule has 0 saturated heterocycles. The van der Waals surface area contributed by atoms with E-state index in [1.54, 1.807) is 4.90 Å². The molecule has 0 spiro atoms. The van der Waals surface area contributed by atoms with Gasteiger partial charge in [0.05, 0.1) is 6.54 Å². The van der Waals surface area contributed by atoms with Gasteiger partial charge in [-0.2, -0.15) is 4.98 Å². The molecule has 0 fully saturated rings. The van der Waals surface area contributed by atoms with Crippen LogP contribution in [0, 0.1) is 0 Å². The summed E-state index contributed by atoms with van der Waals surface area (Å²) in [6.07, 6.45) is 0. The van der Waals surface area contributed by atoms with E-state index in [2.05, 4.69) is 9.97 Å². The summed E-state index contributed by atoms with van der Waals surface area (Å²) in [5.74, 6) is 0.164. The number of nitrogens with zero attached hydrogens (tertiary/aromatic N) is 3. The van der Waals surface area contributed by atoms with Gasteiger partial charge in [-0.1, -0.05) is 30.3 Å². The van der Waals surface area contributed by atoms with Crippen LogP contribution in [0.2, 0.25) is 0 Å². The highest BCUT2D eigenvalue weighted by Gasteiger charge is 2.31. The van der Waals surface area contributed by atoms with Crippen molar-refractivity contribution in [2.75, 3.05) is 11.5 Å². The maximum Gasteiger partial charge on any atom is 0.273 e. The first kappa shape index (κ1) is 11.5. The Morgan fingerprint density at radius 2 is 1.89 bits per heavy atom. The van der Waals surface area contributed by atoms with Crippen LogP contribution in [0.5, 0.6) is 0 Å². The SMILES string of the molecule is Nc1nc(N)c2c(n1)C(=O)N(Cc1ccccc1)C2. The van der Waals surface area contributed by atoms with E-state index in [0.29, 0.717) is 24.3 Å². The molecule has 1 aromatic carbocycles. The Hall–Kier alpha value is -2.63. The molecule has 96 valence electrons. The molecule has 1 amide bonds. The Labute approximate surface area is 110 Å². The number of nitrogens with two attached hydrogens (primary N) is 2. The summed E-state index contributed by atoms with van der Waals surface area (Å²) in [4.78, 5) is 21.8. The standard InChI is InChI=1S/C13H13N5O/c14-11-9-7-18(6-8-4-2-1-3-5-8)12(19)10(9)16-13(15)17-11/h1-5H,6-7H2,(H4,14,15,16,17). The van der Waals surface area contributed by atoms with Gasteiger partial charge in [-0.25, -0.2) is 4.98 Å². The molecule has 6 heteroatoms. The molecule has 0 unspecified atom stereocenters. The highest BCUT2D eigenvalue weighted by molar-refractivity contribution is 5.97. The molecule has 0 bridgehead atoms. The first-order valence-electron chi connectivity index (χ1n) is 5.90. The lowest BCUT2D eigenvalue weighted by molar-refractivity contribution is 0.0762. The average Bonchev–Trinajstić information content (AvgIpc) is 2.69. The van der Waals surface area contributed by atoms with Gasteiger partial charge in [0.25, 0.3) is 5.91 Å². The summed E-state index contributed by atoms with van der Waals surface area (Å²) in [5.41, 5.74) is 13.3. The van der Waals surface area contributed by atoms with Crippen molar-refractivity contribution in [3.05, 3.63) is 47.2 Å². The largest absolute Gasteiger partial charge is 0.383 e. The minimum Gasteiger partial charge on any atom is -0.383 e. The maximum absolute atomic E-state index is 12.2. The minimum absolute atomic E-state index is 0.0335. The van der Waals surface area contributed by atoms with Gasteiger partial charge in [0.1, 0.15) is 11.5 Å². The number of benzene rings is 1. The zero-order valence-electron chi connectivity index (χ0n) is 10.2. The normalized spacial score (nSPS) is 13.7. The summed E-state index contributed by atoms with van der Waals surface area (Å²) >= 11 is 0. The third-order valence-corrected chi connectivity index (χ3v) is 3.11. The van der Waals surface area contributed by atoms with Crippen molar-refractivity contribution in [1.29, 1.82) is 0 Å². The van der Waals surface area contributed by atoms with E-state index >= 15 is 0 Å². The van der Waals surface area contributed by atoms with E-state index in [1.165, 1.54) is 0 Å². The Bertz CT molecular complexity index is 641. The molecule has 0 radical (unpaired) electrons. The Balaban J connectivity index is 1.89. The molecular formula is C13H13N5O. The number of carbonyl (C=O) groups excluding carboxylic acids is 1. The predicted octanol–water partition coefficient (Wildman–Crippen LogP) is 0.797. The van der Waals surface area contributed by atoms with Crippen molar-refractivity contribution < 1.29 is 4.79 Å². The van der Waals surface area contributed by atoms with E-state index in [-0.39, 0.29) is 17.7 Å². The number of hydrogen-bond acceptors (Lipinski definition) is 5. The molecule has 1 aromatic heterocycles. The van der Waals surface area contributed by atoms with Crippen LogP contribution in [0.1, 0.15) is 21.6 Å². The van der Waals surface area contributed by atoms with Gasteiger partial charge in [0, 0.05) is 12.1 Å². The number of fused-ring (bicyclic) bond motifs is 1. The lowest BCUT2D eigenvalue weighted by atomic mass is 10.2. The van der Waals surface area contributed by atoms with Crippen LogP contribution in [-0.2, 0) is 13.1 Å². The number of rotatable bonds is 2. The lowest BCUT2D eigenvalue weighted by Gasteiger charge is -2.14. The van der Waals surface area contributed by atoms with Crippen molar-refractivity contribution in [1.82, 2.24) is 14.9 Å². The van der Waals surface area contributed by atoms with Crippen molar-refractivity contribution >= 4 is 17.7 Å². The first-order chi connectivity index (χ1) is 9.15. The van der Waals surface area contributed by atoms with E-state index < -0.39 is 0 Å². The van der Waals surface area contributed by atoms with Crippen LogP contribution in [-0.4, -0.2) is 20.8 Å². The van der Waals surface area contributed by atoms with Gasteiger partial charge in [-0.15, -0.1) is 0 Å². The molecule has 0 atom stereocenters. The fraction of sp³-hybridized carbons (Fsp3) is 0.154. The van der Waals surface area contributed by atoms with Gasteiger partial charge >= 0.3 is 0 Å². The second-order valence-corrected chi connectivity index (χ2v) is 4.44. The zero-order chi connectivity index (χ0) is 13.4. The molecule has 1 aliphatic heterocycles. The van der Waals surface area contributed by atoms with E-state index in [0.717, 1.165) is 5.56 Å². The van der Waals surface area contributed by atoms with Crippen molar-refractivity contribution in [2.24, 2.45) is 0 Å². The molecule has 19 heavy (non-hydrogen) atoms. The van der Waals surface area contributed by atoms with Crippen LogP contribution in [0.4, 0.5) is 11.8 Å². The highest BCUT2D eigenvalue weighted by Crippen LogP contribution is 2.26. The van der Waals surface area contributed by atoms with Crippen LogP contribution in [0.3, 0.4) is 0 Å². The first-order valence-corrected chi connectivity index (χ1v) is 5.90. The monoisotopic (exact) mass is 255 g/mol. The summed E-state index contributed by atoms with van der Waals surface area (Å²) < 4.78 is 0. The van der Waals surface area contributed by atoms with Crippen molar-refractivity contribution in [3.63, 3.8) is 0 Å². The molecule has 2 heterocycles. The average molecular weight is 255 g/mol. The summed E-state index contributed by atoms with van der Waals surface area (Å²) in [5, 5.41) is 0. The van der Waals surface area contributed by atoms with E-state index in [4.69, 9.17) is 11.5 Å². The minimum atomic E-state index is -0.153. The van der Waals surface area contributed by atoms with Crippen LogP contribution in [0.15, 0.2) is 30.3 Å². The zero-order valence-corrected chi connectivity index (χ0v) is 10.2. The molecular weight excluding hydrogens is 242 g/mol. The second-order valence-electron chi connectivity index (χ2n) is 4.44. The smallest absolute Gasteiger partial charge is 0.273 e. The fourth-order valence-corrected chi connectivity index (χ4v) is 2.20. The van der Waals surface area contributed by atoms with Crippen molar-refractivity contribution in [3.8, 4) is 0 Å². The molecule has 2 aromatic rings. The number of amides is 1. The number of anilines is 2. The van der Waals surface area contributed by atoms with E-state index in [1.807, 2.05) is 30.3 Å². The number of nitrogen functional groups attached to an aromatic ring is 2. The lowest BCUT2D eigenvalue weighted by Crippen LogP contribution is -2.23. The van der Waals surface area contributed by atoms with Crippen LogP contribution >= 0.6 is 0 Å². The topological polar surface area (TPSA) is 98.1 Å². The molecule has 0 aliphatic carbocycles. The third-order valence-electron chi connectivity index (χ3n) is 3.11. The van der Waals surface area contributed by atoms with Gasteiger partial charge in [-0.05, 0) is 5.56 Å². The van der Waals surface area contributed by atoms with Crippen LogP contribution < -0.4 is 11.5 Å². The Morgan fingerprint density at radius 1 is 1.16 bits per heavy atom. The number of carbonyl (C=O) groups is 1. The van der Waals surface area contributed by atoms with Gasteiger partial charge in [0.15, 0.2) is 0 Å². The maximum atomic E-state index is 12.2. The molecule has 4 N–H and O–H groups in total. The molecule has 3 rings (SSSR count). The van der Waals surface area contributed by atoms with Crippen molar-refractivity contribution in [2.45, 2.75) is 13.1 Å². The number of aromatic nitrogens is 2. The van der Waals surface area contributed by atoms with Gasteiger partial charge < -0.3 is 16.4 Å². The Morgan fingerprint density at radius 3 is 2.63 bits per heavy atom. The number of hydrogen-bond donors (Lipinski definition) is 2.